The third-order valence-corrected chi connectivity index (χ3v) is 2.49. The van der Waals surface area contributed by atoms with Crippen LogP contribution in [0.4, 0.5) is 0 Å². The van der Waals surface area contributed by atoms with Crippen LogP contribution < -0.4 is 0 Å². The quantitative estimate of drug-likeness (QED) is 0.749. The van der Waals surface area contributed by atoms with Crippen molar-refractivity contribution in [2.24, 2.45) is 0 Å². The molecular formula is C13H18N2. The number of likely N-dealkylation sites (N-methyl/N-ethyl adjacent to an activating group) is 1. The lowest BCUT2D eigenvalue weighted by Gasteiger charge is -2.15. The molecule has 2 heteroatoms. The lowest BCUT2D eigenvalue weighted by Crippen LogP contribution is -2.19. The lowest BCUT2D eigenvalue weighted by atomic mass is 9.98. The van der Waals surface area contributed by atoms with Gasteiger partial charge in [-0.25, -0.2) is 0 Å². The van der Waals surface area contributed by atoms with Crippen molar-refractivity contribution in [2.45, 2.75) is 19.3 Å². The van der Waals surface area contributed by atoms with E-state index in [9.17, 15) is 0 Å². The Hall–Kier alpha value is -1.33. The molecule has 0 aliphatic carbocycles. The Morgan fingerprint density at radius 2 is 1.87 bits per heavy atom. The van der Waals surface area contributed by atoms with Gasteiger partial charge in [0.25, 0.3) is 0 Å². The molecule has 0 saturated carbocycles. The number of rotatable bonds is 4. The van der Waals surface area contributed by atoms with Crippen molar-refractivity contribution in [1.82, 2.24) is 4.90 Å². The minimum atomic E-state index is -0.0223. The summed E-state index contributed by atoms with van der Waals surface area (Å²) >= 11 is 0. The third-order valence-electron chi connectivity index (χ3n) is 2.49. The summed E-state index contributed by atoms with van der Waals surface area (Å²) in [6, 6.07) is 10.7. The van der Waals surface area contributed by atoms with E-state index in [2.05, 4.69) is 37.3 Å². The van der Waals surface area contributed by atoms with Crippen LogP contribution in [0.5, 0.6) is 0 Å². The molecule has 2 nitrogen and oxygen atoms in total. The highest BCUT2D eigenvalue weighted by molar-refractivity contribution is 5.29. The van der Waals surface area contributed by atoms with Gasteiger partial charge in [0, 0.05) is 6.54 Å². The Kier molecular flexibility index (Phi) is 4.33. The summed E-state index contributed by atoms with van der Waals surface area (Å²) in [5.74, 6) is -0.0223. The summed E-state index contributed by atoms with van der Waals surface area (Å²) in [7, 11) is 3.98. The largest absolute Gasteiger partial charge is 0.308 e. The molecule has 1 unspecified atom stereocenters. The van der Waals surface area contributed by atoms with Gasteiger partial charge in [-0.15, -0.1) is 0 Å². The van der Waals surface area contributed by atoms with Gasteiger partial charge in [-0.1, -0.05) is 31.2 Å². The fourth-order valence-electron chi connectivity index (χ4n) is 1.57. The van der Waals surface area contributed by atoms with Gasteiger partial charge in [0.05, 0.1) is 12.0 Å². The molecule has 15 heavy (non-hydrogen) atoms. The Morgan fingerprint density at radius 3 is 2.27 bits per heavy atom. The maximum Gasteiger partial charge on any atom is 0.0839 e. The molecule has 0 fully saturated rings. The Bertz CT molecular complexity index is 333. The van der Waals surface area contributed by atoms with Crippen molar-refractivity contribution in [3.05, 3.63) is 35.4 Å². The maximum atomic E-state index is 9.08. The van der Waals surface area contributed by atoms with Crippen LogP contribution in [0.1, 0.15) is 24.0 Å². The molecule has 0 aliphatic heterocycles. The van der Waals surface area contributed by atoms with Crippen LogP contribution in [0.2, 0.25) is 0 Å². The standard InChI is InChI=1S/C13H18N2/c1-4-11-5-7-12(8-6-11)13(9-14)10-15(2)3/h5-8,13H,4,10H2,1-3H3. The molecule has 1 aromatic carbocycles. The number of hydrogen-bond donors (Lipinski definition) is 0. The van der Waals surface area contributed by atoms with Crippen LogP contribution >= 0.6 is 0 Å². The van der Waals surface area contributed by atoms with Gasteiger partial charge in [0.15, 0.2) is 0 Å². The predicted molar refractivity (Wildman–Crippen MR) is 62.7 cm³/mol. The molecule has 0 N–H and O–H groups in total. The first-order valence-electron chi connectivity index (χ1n) is 5.30. The summed E-state index contributed by atoms with van der Waals surface area (Å²) in [6.45, 7) is 2.92. The zero-order valence-corrected chi connectivity index (χ0v) is 9.70. The molecule has 0 radical (unpaired) electrons. The Labute approximate surface area is 92.1 Å². The van der Waals surface area contributed by atoms with E-state index < -0.39 is 0 Å². The van der Waals surface area contributed by atoms with Crippen molar-refractivity contribution in [2.75, 3.05) is 20.6 Å². The minimum Gasteiger partial charge on any atom is -0.308 e. The highest BCUT2D eigenvalue weighted by atomic mass is 15.1. The number of hydrogen-bond acceptors (Lipinski definition) is 2. The van der Waals surface area contributed by atoms with E-state index >= 15 is 0 Å². The normalized spacial score (nSPS) is 12.5. The SMILES string of the molecule is CCc1ccc(C(C#N)CN(C)C)cc1. The van der Waals surface area contributed by atoms with E-state index in [1.165, 1.54) is 5.56 Å². The monoisotopic (exact) mass is 202 g/mol. The molecule has 80 valence electrons. The second-order valence-corrected chi connectivity index (χ2v) is 4.04. The lowest BCUT2D eigenvalue weighted by molar-refractivity contribution is 0.398. The van der Waals surface area contributed by atoms with Gasteiger partial charge < -0.3 is 4.90 Å². The number of benzene rings is 1. The fraction of sp³-hybridized carbons (Fsp3) is 0.462. The van der Waals surface area contributed by atoms with Gasteiger partial charge in [0.1, 0.15) is 0 Å². The molecule has 0 aliphatic rings. The van der Waals surface area contributed by atoms with Crippen LogP contribution in [-0.4, -0.2) is 25.5 Å². The van der Waals surface area contributed by atoms with E-state index in [4.69, 9.17) is 5.26 Å². The van der Waals surface area contributed by atoms with Crippen LogP contribution in [0.25, 0.3) is 0 Å². The van der Waals surface area contributed by atoms with E-state index in [-0.39, 0.29) is 5.92 Å². The average molecular weight is 202 g/mol. The highest BCUT2D eigenvalue weighted by Crippen LogP contribution is 2.16. The van der Waals surface area contributed by atoms with Gasteiger partial charge in [0.2, 0.25) is 0 Å². The van der Waals surface area contributed by atoms with Crippen molar-refractivity contribution < 1.29 is 0 Å². The molecule has 0 saturated heterocycles. The van der Waals surface area contributed by atoms with Crippen LogP contribution in [0.15, 0.2) is 24.3 Å². The predicted octanol–water partition coefficient (Wildman–Crippen LogP) is 2.42. The molecule has 0 amide bonds. The summed E-state index contributed by atoms with van der Waals surface area (Å²) < 4.78 is 0. The van der Waals surface area contributed by atoms with Crippen molar-refractivity contribution in [1.29, 1.82) is 5.26 Å². The van der Waals surface area contributed by atoms with E-state index in [0.29, 0.717) is 0 Å². The fourth-order valence-corrected chi connectivity index (χ4v) is 1.57. The van der Waals surface area contributed by atoms with Gasteiger partial charge in [-0.05, 0) is 31.6 Å². The number of nitrogens with zero attached hydrogens (tertiary/aromatic N) is 2. The minimum absolute atomic E-state index is 0.0223. The van der Waals surface area contributed by atoms with Crippen LogP contribution in [0, 0.1) is 11.3 Å². The van der Waals surface area contributed by atoms with E-state index in [1.807, 2.05) is 19.0 Å². The topological polar surface area (TPSA) is 27.0 Å². The zero-order chi connectivity index (χ0) is 11.3. The van der Waals surface area contributed by atoms with Gasteiger partial charge in [-0.2, -0.15) is 5.26 Å². The second kappa shape index (κ2) is 5.53. The number of nitriles is 1. The summed E-state index contributed by atoms with van der Waals surface area (Å²) in [5.41, 5.74) is 2.43. The van der Waals surface area contributed by atoms with Crippen molar-refractivity contribution >= 4 is 0 Å². The molecule has 0 aromatic heterocycles. The molecule has 0 spiro atoms. The number of aryl methyl sites for hydroxylation is 1. The molecular weight excluding hydrogens is 184 g/mol. The summed E-state index contributed by atoms with van der Waals surface area (Å²) in [6.07, 6.45) is 1.05. The highest BCUT2D eigenvalue weighted by Gasteiger charge is 2.10. The van der Waals surface area contributed by atoms with E-state index in [1.54, 1.807) is 0 Å². The second-order valence-electron chi connectivity index (χ2n) is 4.04. The van der Waals surface area contributed by atoms with Gasteiger partial charge >= 0.3 is 0 Å². The maximum absolute atomic E-state index is 9.08. The van der Waals surface area contributed by atoms with Gasteiger partial charge in [-0.3, -0.25) is 0 Å². The van der Waals surface area contributed by atoms with Crippen molar-refractivity contribution in [3.63, 3.8) is 0 Å². The third kappa shape index (κ3) is 3.38. The first kappa shape index (κ1) is 11.7. The van der Waals surface area contributed by atoms with Crippen LogP contribution in [0.3, 0.4) is 0 Å². The molecule has 1 rings (SSSR count). The smallest absolute Gasteiger partial charge is 0.0839 e. The molecule has 1 atom stereocenters. The summed E-state index contributed by atoms with van der Waals surface area (Å²) in [5, 5.41) is 9.08. The van der Waals surface area contributed by atoms with Crippen LogP contribution in [-0.2, 0) is 6.42 Å². The molecule has 1 aromatic rings. The Balaban J connectivity index is 2.80. The van der Waals surface area contributed by atoms with Crippen molar-refractivity contribution in [3.8, 4) is 6.07 Å². The molecule has 0 bridgehead atoms. The Morgan fingerprint density at radius 1 is 1.27 bits per heavy atom. The first-order valence-corrected chi connectivity index (χ1v) is 5.30. The summed E-state index contributed by atoms with van der Waals surface area (Å²) in [4.78, 5) is 2.04. The zero-order valence-electron chi connectivity index (χ0n) is 9.70. The average Bonchev–Trinajstić information content (AvgIpc) is 2.26. The first-order chi connectivity index (χ1) is 7.17. The molecule has 0 heterocycles. The van der Waals surface area contributed by atoms with E-state index in [0.717, 1.165) is 18.5 Å².